The standard InChI is InChI=1S/C11H8FN3O3/c12-8-5-7(15(16)17)1-2-10(8)18-11-3-4-14-6-9(11)13/h1-6H,13H2. The van der Waals surface area contributed by atoms with Gasteiger partial charge in [0.1, 0.15) is 0 Å². The summed E-state index contributed by atoms with van der Waals surface area (Å²) in [5, 5.41) is 10.4. The van der Waals surface area contributed by atoms with Crippen LogP contribution in [0.4, 0.5) is 15.8 Å². The molecule has 0 aliphatic carbocycles. The van der Waals surface area contributed by atoms with Gasteiger partial charge in [0.05, 0.1) is 22.9 Å². The predicted molar refractivity (Wildman–Crippen MR) is 61.8 cm³/mol. The van der Waals surface area contributed by atoms with E-state index in [0.717, 1.165) is 12.1 Å². The predicted octanol–water partition coefficient (Wildman–Crippen LogP) is 2.50. The largest absolute Gasteiger partial charge is 0.452 e. The van der Waals surface area contributed by atoms with Crippen molar-refractivity contribution in [3.05, 3.63) is 52.6 Å². The van der Waals surface area contributed by atoms with Crippen LogP contribution in [0.25, 0.3) is 0 Å². The zero-order valence-corrected chi connectivity index (χ0v) is 9.04. The molecule has 0 unspecified atom stereocenters. The fourth-order valence-electron chi connectivity index (χ4n) is 1.29. The summed E-state index contributed by atoms with van der Waals surface area (Å²) >= 11 is 0. The van der Waals surface area contributed by atoms with Gasteiger partial charge in [0.15, 0.2) is 17.3 Å². The number of nitrogens with zero attached hydrogens (tertiary/aromatic N) is 2. The molecule has 0 radical (unpaired) electrons. The molecule has 2 aromatic rings. The monoisotopic (exact) mass is 249 g/mol. The van der Waals surface area contributed by atoms with Crippen molar-refractivity contribution >= 4 is 11.4 Å². The van der Waals surface area contributed by atoms with Crippen LogP contribution in [-0.2, 0) is 0 Å². The number of aromatic nitrogens is 1. The second-order valence-corrected chi connectivity index (χ2v) is 3.39. The minimum absolute atomic E-state index is 0.140. The summed E-state index contributed by atoms with van der Waals surface area (Å²) in [6.45, 7) is 0. The van der Waals surface area contributed by atoms with E-state index in [1.54, 1.807) is 0 Å². The van der Waals surface area contributed by atoms with Gasteiger partial charge in [0.2, 0.25) is 0 Å². The Bertz CT molecular complexity index is 604. The van der Waals surface area contributed by atoms with Crippen LogP contribution in [0.15, 0.2) is 36.7 Å². The maximum absolute atomic E-state index is 13.5. The fraction of sp³-hybridized carbons (Fsp3) is 0. The highest BCUT2D eigenvalue weighted by atomic mass is 19.1. The van der Waals surface area contributed by atoms with Crippen LogP contribution in [0.5, 0.6) is 11.5 Å². The van der Waals surface area contributed by atoms with Crippen molar-refractivity contribution in [3.8, 4) is 11.5 Å². The summed E-state index contributed by atoms with van der Waals surface area (Å²) in [4.78, 5) is 13.5. The average molecular weight is 249 g/mol. The van der Waals surface area contributed by atoms with E-state index < -0.39 is 10.7 Å². The van der Waals surface area contributed by atoms with Crippen LogP contribution < -0.4 is 10.5 Å². The van der Waals surface area contributed by atoms with Gasteiger partial charge in [-0.2, -0.15) is 0 Å². The van der Waals surface area contributed by atoms with Crippen molar-refractivity contribution in [2.75, 3.05) is 5.73 Å². The summed E-state index contributed by atoms with van der Waals surface area (Å²) in [6.07, 6.45) is 2.80. The van der Waals surface area contributed by atoms with Crippen molar-refractivity contribution in [1.82, 2.24) is 4.98 Å². The number of rotatable bonds is 3. The third-order valence-corrected chi connectivity index (χ3v) is 2.16. The molecule has 0 aliphatic rings. The molecule has 0 saturated heterocycles. The Kier molecular flexibility index (Phi) is 3.05. The van der Waals surface area contributed by atoms with Gasteiger partial charge in [-0.1, -0.05) is 0 Å². The number of pyridine rings is 1. The van der Waals surface area contributed by atoms with Crippen molar-refractivity contribution in [2.45, 2.75) is 0 Å². The van der Waals surface area contributed by atoms with Crippen LogP contribution in [0.3, 0.4) is 0 Å². The van der Waals surface area contributed by atoms with E-state index in [9.17, 15) is 14.5 Å². The van der Waals surface area contributed by atoms with E-state index in [0.29, 0.717) is 0 Å². The van der Waals surface area contributed by atoms with Gasteiger partial charge in [-0.15, -0.1) is 0 Å². The number of nitrogen functional groups attached to an aromatic ring is 1. The molecular weight excluding hydrogens is 241 g/mol. The first kappa shape index (κ1) is 11.8. The Balaban J connectivity index is 2.30. The van der Waals surface area contributed by atoms with E-state index in [1.807, 2.05) is 0 Å². The quantitative estimate of drug-likeness (QED) is 0.666. The smallest absolute Gasteiger partial charge is 0.272 e. The van der Waals surface area contributed by atoms with E-state index in [1.165, 1.54) is 24.5 Å². The lowest BCUT2D eigenvalue weighted by atomic mass is 10.3. The molecule has 1 heterocycles. The van der Waals surface area contributed by atoms with Crippen LogP contribution in [-0.4, -0.2) is 9.91 Å². The van der Waals surface area contributed by atoms with Crippen molar-refractivity contribution in [3.63, 3.8) is 0 Å². The van der Waals surface area contributed by atoms with Gasteiger partial charge in [0.25, 0.3) is 5.69 Å². The lowest BCUT2D eigenvalue weighted by molar-refractivity contribution is -0.385. The molecule has 1 aromatic heterocycles. The summed E-state index contributed by atoms with van der Waals surface area (Å²) in [5.74, 6) is -0.739. The molecule has 2 rings (SSSR count). The number of benzene rings is 1. The van der Waals surface area contributed by atoms with Gasteiger partial charge in [-0.3, -0.25) is 15.1 Å². The van der Waals surface area contributed by atoms with Crippen molar-refractivity contribution in [1.29, 1.82) is 0 Å². The zero-order chi connectivity index (χ0) is 13.1. The summed E-state index contributed by atoms with van der Waals surface area (Å²) in [5.41, 5.74) is 5.48. The molecule has 6 nitrogen and oxygen atoms in total. The highest BCUT2D eigenvalue weighted by Crippen LogP contribution is 2.30. The second kappa shape index (κ2) is 4.66. The summed E-state index contributed by atoms with van der Waals surface area (Å²) in [7, 11) is 0. The highest BCUT2D eigenvalue weighted by Gasteiger charge is 2.13. The third-order valence-electron chi connectivity index (χ3n) is 2.16. The lowest BCUT2D eigenvalue weighted by Crippen LogP contribution is -1.95. The zero-order valence-electron chi connectivity index (χ0n) is 9.04. The molecule has 0 spiro atoms. The molecule has 92 valence electrons. The number of halogens is 1. The lowest BCUT2D eigenvalue weighted by Gasteiger charge is -2.08. The number of nitro benzene ring substituents is 1. The number of non-ortho nitro benzene ring substituents is 1. The van der Waals surface area contributed by atoms with Crippen LogP contribution >= 0.6 is 0 Å². The van der Waals surface area contributed by atoms with Gasteiger partial charge < -0.3 is 10.5 Å². The average Bonchev–Trinajstić information content (AvgIpc) is 2.34. The molecule has 0 amide bonds. The van der Waals surface area contributed by atoms with Gasteiger partial charge >= 0.3 is 0 Å². The van der Waals surface area contributed by atoms with E-state index in [-0.39, 0.29) is 22.9 Å². The molecule has 0 aliphatic heterocycles. The maximum atomic E-state index is 13.5. The van der Waals surface area contributed by atoms with Crippen LogP contribution in [0.1, 0.15) is 0 Å². The molecule has 0 fully saturated rings. The number of hydrogen-bond acceptors (Lipinski definition) is 5. The number of nitrogens with two attached hydrogens (primary N) is 1. The summed E-state index contributed by atoms with van der Waals surface area (Å²) in [6, 6.07) is 4.58. The molecule has 1 aromatic carbocycles. The topological polar surface area (TPSA) is 91.3 Å². The van der Waals surface area contributed by atoms with Crippen molar-refractivity contribution in [2.24, 2.45) is 0 Å². The first-order chi connectivity index (χ1) is 8.58. The third kappa shape index (κ3) is 2.34. The van der Waals surface area contributed by atoms with Crippen LogP contribution in [0.2, 0.25) is 0 Å². The fourth-order valence-corrected chi connectivity index (χ4v) is 1.29. The Labute approximate surface area is 101 Å². The molecule has 7 heteroatoms. The minimum Gasteiger partial charge on any atom is -0.452 e. The second-order valence-electron chi connectivity index (χ2n) is 3.39. The number of hydrogen-bond donors (Lipinski definition) is 1. The molecule has 2 N–H and O–H groups in total. The van der Waals surface area contributed by atoms with Gasteiger partial charge in [-0.25, -0.2) is 4.39 Å². The first-order valence-electron chi connectivity index (χ1n) is 4.89. The Morgan fingerprint density at radius 2 is 2.11 bits per heavy atom. The van der Waals surface area contributed by atoms with Crippen LogP contribution in [0, 0.1) is 15.9 Å². The maximum Gasteiger partial charge on any atom is 0.272 e. The summed E-state index contributed by atoms with van der Waals surface area (Å²) < 4.78 is 18.8. The molecule has 0 saturated carbocycles. The molecule has 0 atom stereocenters. The van der Waals surface area contributed by atoms with E-state index in [2.05, 4.69) is 4.98 Å². The van der Waals surface area contributed by atoms with Gasteiger partial charge in [-0.05, 0) is 6.07 Å². The number of ether oxygens (including phenoxy) is 1. The number of nitro groups is 1. The normalized spacial score (nSPS) is 10.1. The first-order valence-corrected chi connectivity index (χ1v) is 4.89. The molecule has 18 heavy (non-hydrogen) atoms. The molecule has 0 bridgehead atoms. The van der Waals surface area contributed by atoms with Gasteiger partial charge in [0, 0.05) is 18.3 Å². The SMILES string of the molecule is Nc1cnccc1Oc1ccc([N+](=O)[O-])cc1F. The molecular formula is C11H8FN3O3. The Morgan fingerprint density at radius 3 is 2.72 bits per heavy atom. The van der Waals surface area contributed by atoms with Crippen molar-refractivity contribution < 1.29 is 14.1 Å². The number of anilines is 1. The Hall–Kier alpha value is -2.70. The Morgan fingerprint density at radius 1 is 1.33 bits per heavy atom. The minimum atomic E-state index is -0.833. The van der Waals surface area contributed by atoms with E-state index >= 15 is 0 Å². The van der Waals surface area contributed by atoms with E-state index in [4.69, 9.17) is 10.5 Å². The highest BCUT2D eigenvalue weighted by molar-refractivity contribution is 5.52.